The van der Waals surface area contributed by atoms with Crippen LogP contribution < -0.4 is 5.32 Å². The minimum Gasteiger partial charge on any atom is -0.454 e. The summed E-state index contributed by atoms with van der Waals surface area (Å²) in [5.74, 6) is -1.91. The monoisotopic (exact) mass is 469 g/mol. The zero-order chi connectivity index (χ0) is 23.3. The summed E-state index contributed by atoms with van der Waals surface area (Å²) in [5.41, 5.74) is 0. The molecule has 1 saturated heterocycles. The van der Waals surface area contributed by atoms with Crippen molar-refractivity contribution < 1.29 is 31.9 Å². The van der Waals surface area contributed by atoms with Gasteiger partial charge in [0.1, 0.15) is 11.9 Å². The zero-order valence-electron chi connectivity index (χ0n) is 18.0. The maximum atomic E-state index is 13.1. The average molecular weight is 470 g/mol. The van der Waals surface area contributed by atoms with Gasteiger partial charge >= 0.3 is 5.97 Å². The first-order chi connectivity index (χ1) is 15.2. The number of sulfonamides is 1. The van der Waals surface area contributed by atoms with E-state index in [1.807, 2.05) is 0 Å². The molecule has 32 heavy (non-hydrogen) atoms. The first-order valence-electron chi connectivity index (χ1n) is 10.7. The number of ether oxygens (including phenoxy) is 1. The van der Waals surface area contributed by atoms with Crippen molar-refractivity contribution in [1.82, 2.24) is 14.5 Å². The van der Waals surface area contributed by atoms with Gasteiger partial charge in [-0.3, -0.25) is 9.59 Å². The number of esters is 1. The molecule has 11 heteroatoms. The van der Waals surface area contributed by atoms with Crippen molar-refractivity contribution in [2.45, 2.75) is 43.5 Å². The number of hydrogen-bond acceptors (Lipinski definition) is 6. The molecule has 1 aromatic carbocycles. The summed E-state index contributed by atoms with van der Waals surface area (Å²) in [4.78, 5) is 37.9. The summed E-state index contributed by atoms with van der Waals surface area (Å²) in [6.45, 7) is 1.32. The van der Waals surface area contributed by atoms with Crippen LogP contribution in [-0.2, 0) is 29.1 Å². The van der Waals surface area contributed by atoms with E-state index in [2.05, 4.69) is 5.32 Å². The molecule has 1 N–H and O–H groups in total. The van der Waals surface area contributed by atoms with Gasteiger partial charge in [0.15, 0.2) is 6.61 Å². The Morgan fingerprint density at radius 2 is 1.69 bits per heavy atom. The van der Waals surface area contributed by atoms with Crippen LogP contribution in [0.1, 0.15) is 32.6 Å². The van der Waals surface area contributed by atoms with Gasteiger partial charge in [0, 0.05) is 33.1 Å². The van der Waals surface area contributed by atoms with Gasteiger partial charge in [0.05, 0.1) is 4.90 Å². The SMILES string of the molecule is CC(=O)NC(C(=O)OCC(=O)N1CCN(S(=O)(=O)c2ccc(F)cc2)CC1)C1CCCC1. The Morgan fingerprint density at radius 1 is 1.09 bits per heavy atom. The van der Waals surface area contributed by atoms with Crippen LogP contribution in [0.15, 0.2) is 29.2 Å². The van der Waals surface area contributed by atoms with E-state index >= 15 is 0 Å². The van der Waals surface area contributed by atoms with Crippen molar-refractivity contribution in [1.29, 1.82) is 0 Å². The molecular formula is C21H28FN3O6S. The van der Waals surface area contributed by atoms with E-state index in [4.69, 9.17) is 4.74 Å². The van der Waals surface area contributed by atoms with Crippen molar-refractivity contribution in [3.05, 3.63) is 30.1 Å². The Bertz CT molecular complexity index is 939. The first-order valence-corrected chi connectivity index (χ1v) is 12.1. The Balaban J connectivity index is 1.51. The number of hydrogen-bond donors (Lipinski definition) is 1. The van der Waals surface area contributed by atoms with Gasteiger partial charge in [-0.1, -0.05) is 12.8 Å². The van der Waals surface area contributed by atoms with Gasteiger partial charge in [0.25, 0.3) is 5.91 Å². The highest BCUT2D eigenvalue weighted by Gasteiger charge is 2.34. The second-order valence-corrected chi connectivity index (χ2v) is 10.0. The van der Waals surface area contributed by atoms with Crippen LogP contribution in [-0.4, -0.2) is 74.2 Å². The molecule has 2 aliphatic rings. The summed E-state index contributed by atoms with van der Waals surface area (Å²) in [6.07, 6.45) is 3.60. The maximum absolute atomic E-state index is 13.1. The van der Waals surface area contributed by atoms with Gasteiger partial charge in [-0.2, -0.15) is 4.31 Å². The third-order valence-electron chi connectivity index (χ3n) is 5.86. The van der Waals surface area contributed by atoms with Gasteiger partial charge < -0.3 is 15.0 Å². The van der Waals surface area contributed by atoms with E-state index in [9.17, 15) is 27.2 Å². The highest BCUT2D eigenvalue weighted by Crippen LogP contribution is 2.28. The molecule has 9 nitrogen and oxygen atoms in total. The van der Waals surface area contributed by atoms with Crippen LogP contribution in [0.4, 0.5) is 4.39 Å². The summed E-state index contributed by atoms with van der Waals surface area (Å²) in [7, 11) is -3.78. The van der Waals surface area contributed by atoms with Crippen LogP contribution in [0.3, 0.4) is 0 Å². The molecule has 1 aliphatic heterocycles. The third kappa shape index (κ3) is 5.83. The number of piperazine rings is 1. The standard InChI is InChI=1S/C21H28FN3O6S/c1-15(26)23-20(16-4-2-3-5-16)21(28)31-14-19(27)24-10-12-25(13-11-24)32(29,30)18-8-6-17(22)7-9-18/h6-9,16,20H,2-5,10-14H2,1H3,(H,23,26). The molecule has 1 saturated carbocycles. The Labute approximate surface area is 186 Å². The van der Waals surface area contributed by atoms with Gasteiger partial charge in [-0.05, 0) is 43.0 Å². The molecule has 2 fully saturated rings. The number of halogens is 1. The molecule has 0 bridgehead atoms. The number of benzene rings is 1. The van der Waals surface area contributed by atoms with Gasteiger partial charge in [-0.15, -0.1) is 0 Å². The summed E-state index contributed by atoms with van der Waals surface area (Å²) >= 11 is 0. The van der Waals surface area contributed by atoms with Crippen LogP contribution in [0.25, 0.3) is 0 Å². The first kappa shape index (κ1) is 24.1. The predicted octanol–water partition coefficient (Wildman–Crippen LogP) is 0.897. The number of carbonyl (C=O) groups is 3. The third-order valence-corrected chi connectivity index (χ3v) is 7.78. The van der Waals surface area contributed by atoms with Crippen molar-refractivity contribution >= 4 is 27.8 Å². The largest absolute Gasteiger partial charge is 0.454 e. The van der Waals surface area contributed by atoms with E-state index in [-0.39, 0.29) is 42.9 Å². The molecule has 0 spiro atoms. The lowest BCUT2D eigenvalue weighted by Gasteiger charge is -2.34. The van der Waals surface area contributed by atoms with E-state index in [0.717, 1.165) is 37.8 Å². The molecule has 1 unspecified atom stereocenters. The Hall–Kier alpha value is -2.53. The van der Waals surface area contributed by atoms with Crippen LogP contribution in [0.2, 0.25) is 0 Å². The zero-order valence-corrected chi connectivity index (χ0v) is 18.8. The van der Waals surface area contributed by atoms with Crippen molar-refractivity contribution in [3.8, 4) is 0 Å². The topological polar surface area (TPSA) is 113 Å². The Morgan fingerprint density at radius 3 is 2.25 bits per heavy atom. The van der Waals surface area contributed by atoms with E-state index < -0.39 is 40.4 Å². The fourth-order valence-electron chi connectivity index (χ4n) is 4.13. The van der Waals surface area contributed by atoms with Crippen LogP contribution >= 0.6 is 0 Å². The summed E-state index contributed by atoms with van der Waals surface area (Å²) in [5, 5.41) is 2.63. The number of nitrogens with zero attached hydrogens (tertiary/aromatic N) is 2. The minimum absolute atomic E-state index is 0.00159. The lowest BCUT2D eigenvalue weighted by atomic mass is 9.98. The van der Waals surface area contributed by atoms with Crippen molar-refractivity contribution in [2.24, 2.45) is 5.92 Å². The highest BCUT2D eigenvalue weighted by molar-refractivity contribution is 7.89. The number of carbonyl (C=O) groups excluding carboxylic acids is 3. The van der Waals surface area contributed by atoms with Gasteiger partial charge in [0.2, 0.25) is 15.9 Å². The second-order valence-electron chi connectivity index (χ2n) is 8.07. The predicted molar refractivity (Wildman–Crippen MR) is 112 cm³/mol. The van der Waals surface area contributed by atoms with Crippen molar-refractivity contribution in [2.75, 3.05) is 32.8 Å². The fourth-order valence-corrected chi connectivity index (χ4v) is 5.55. The number of rotatable bonds is 7. The smallest absolute Gasteiger partial charge is 0.329 e. The van der Waals surface area contributed by atoms with Crippen molar-refractivity contribution in [3.63, 3.8) is 0 Å². The van der Waals surface area contributed by atoms with Gasteiger partial charge in [-0.25, -0.2) is 17.6 Å². The molecule has 1 atom stereocenters. The molecule has 3 rings (SSSR count). The quantitative estimate of drug-likeness (QED) is 0.594. The average Bonchev–Trinajstić information content (AvgIpc) is 3.30. The second kappa shape index (κ2) is 10.4. The molecule has 2 amide bonds. The normalized spacial score (nSPS) is 18.9. The molecule has 1 aromatic rings. The van der Waals surface area contributed by atoms with E-state index in [1.165, 1.54) is 28.3 Å². The number of amides is 2. The minimum atomic E-state index is -3.78. The lowest BCUT2D eigenvalue weighted by molar-refractivity contribution is -0.156. The van der Waals surface area contributed by atoms with Crippen LogP contribution in [0, 0.1) is 11.7 Å². The summed E-state index contributed by atoms with van der Waals surface area (Å²) in [6, 6.07) is 3.82. The molecule has 0 aromatic heterocycles. The summed E-state index contributed by atoms with van der Waals surface area (Å²) < 4.78 is 44.9. The maximum Gasteiger partial charge on any atom is 0.329 e. The molecule has 0 radical (unpaired) electrons. The molecular weight excluding hydrogens is 441 g/mol. The molecule has 1 heterocycles. The van der Waals surface area contributed by atoms with E-state index in [1.54, 1.807) is 0 Å². The van der Waals surface area contributed by atoms with E-state index in [0.29, 0.717) is 0 Å². The fraction of sp³-hybridized carbons (Fsp3) is 0.571. The van der Waals surface area contributed by atoms with Crippen LogP contribution in [0.5, 0.6) is 0 Å². The Kier molecular flexibility index (Phi) is 7.83. The highest BCUT2D eigenvalue weighted by atomic mass is 32.2. The number of nitrogens with one attached hydrogen (secondary N) is 1. The molecule has 1 aliphatic carbocycles. The molecule has 176 valence electrons. The lowest BCUT2D eigenvalue weighted by Crippen LogP contribution is -2.52.